The minimum absolute atomic E-state index is 1.10. The fourth-order valence-corrected chi connectivity index (χ4v) is 2.87. The van der Waals surface area contributed by atoms with E-state index in [0.29, 0.717) is 0 Å². The molecule has 4 aromatic rings. The van der Waals surface area contributed by atoms with Gasteiger partial charge < -0.3 is 4.98 Å². The third-order valence-corrected chi connectivity index (χ3v) is 4.17. The standard InChI is InChI=1S/C18H12BrN/c19-16-7-5-12(6-8-16)17-11-15-9-13-3-1-2-4-14(13)10-18(15)20-17/h1-11,20H. The van der Waals surface area contributed by atoms with Crippen LogP contribution in [-0.2, 0) is 0 Å². The number of rotatable bonds is 1. The van der Waals surface area contributed by atoms with Crippen molar-refractivity contribution in [2.45, 2.75) is 0 Å². The summed E-state index contributed by atoms with van der Waals surface area (Å²) in [5, 5.41) is 3.80. The minimum atomic E-state index is 1.10. The van der Waals surface area contributed by atoms with Gasteiger partial charge in [0.2, 0.25) is 0 Å². The third-order valence-electron chi connectivity index (χ3n) is 3.64. The van der Waals surface area contributed by atoms with E-state index in [1.54, 1.807) is 0 Å². The lowest BCUT2D eigenvalue weighted by Gasteiger charge is -1.97. The smallest absolute Gasteiger partial charge is 0.0465 e. The quantitative estimate of drug-likeness (QED) is 0.459. The Labute approximate surface area is 125 Å². The average Bonchev–Trinajstić information content (AvgIpc) is 2.88. The van der Waals surface area contributed by atoms with Crippen molar-refractivity contribution in [1.82, 2.24) is 4.98 Å². The van der Waals surface area contributed by atoms with E-state index in [0.717, 1.165) is 10.2 Å². The molecule has 0 saturated heterocycles. The summed E-state index contributed by atoms with van der Waals surface area (Å²) in [5.41, 5.74) is 3.54. The third kappa shape index (κ3) is 1.93. The van der Waals surface area contributed by atoms with E-state index in [1.165, 1.54) is 27.2 Å². The molecule has 0 spiro atoms. The molecule has 20 heavy (non-hydrogen) atoms. The van der Waals surface area contributed by atoms with Gasteiger partial charge in [0.05, 0.1) is 0 Å². The van der Waals surface area contributed by atoms with Crippen molar-refractivity contribution in [3.05, 3.63) is 71.2 Å². The Morgan fingerprint density at radius 1 is 0.700 bits per heavy atom. The monoisotopic (exact) mass is 321 g/mol. The molecule has 0 amide bonds. The molecule has 0 aliphatic heterocycles. The van der Waals surface area contributed by atoms with Gasteiger partial charge in [0.15, 0.2) is 0 Å². The molecule has 3 aromatic carbocycles. The largest absolute Gasteiger partial charge is 0.355 e. The summed E-state index contributed by atoms with van der Waals surface area (Å²) in [6.07, 6.45) is 0. The Morgan fingerprint density at radius 3 is 2.15 bits per heavy atom. The van der Waals surface area contributed by atoms with Crippen LogP contribution < -0.4 is 0 Å². The maximum Gasteiger partial charge on any atom is 0.0465 e. The van der Waals surface area contributed by atoms with Gasteiger partial charge in [-0.3, -0.25) is 0 Å². The van der Waals surface area contributed by atoms with Gasteiger partial charge in [-0.1, -0.05) is 52.3 Å². The van der Waals surface area contributed by atoms with E-state index >= 15 is 0 Å². The Hall–Kier alpha value is -2.06. The van der Waals surface area contributed by atoms with Crippen molar-refractivity contribution >= 4 is 37.6 Å². The van der Waals surface area contributed by atoms with Crippen LogP contribution in [0, 0.1) is 0 Å². The number of aromatic amines is 1. The normalized spacial score (nSPS) is 11.2. The first-order chi connectivity index (χ1) is 9.79. The van der Waals surface area contributed by atoms with Crippen LogP contribution in [0.25, 0.3) is 32.9 Å². The zero-order valence-electron chi connectivity index (χ0n) is 10.7. The Kier molecular flexibility index (Phi) is 2.64. The molecule has 2 heteroatoms. The maximum absolute atomic E-state index is 3.51. The molecule has 0 aliphatic carbocycles. The second-order valence-corrected chi connectivity index (χ2v) is 5.89. The molecule has 1 N–H and O–H groups in total. The van der Waals surface area contributed by atoms with Gasteiger partial charge in [0.25, 0.3) is 0 Å². The van der Waals surface area contributed by atoms with Crippen LogP contribution in [-0.4, -0.2) is 4.98 Å². The van der Waals surface area contributed by atoms with Gasteiger partial charge in [-0.05, 0) is 46.7 Å². The molecular formula is C18H12BrN. The van der Waals surface area contributed by atoms with E-state index in [2.05, 4.69) is 87.6 Å². The molecular weight excluding hydrogens is 310 g/mol. The van der Waals surface area contributed by atoms with Crippen molar-refractivity contribution in [3.63, 3.8) is 0 Å². The molecule has 0 fully saturated rings. The van der Waals surface area contributed by atoms with Crippen molar-refractivity contribution in [2.24, 2.45) is 0 Å². The van der Waals surface area contributed by atoms with E-state index in [1.807, 2.05) is 0 Å². The molecule has 0 radical (unpaired) electrons. The highest BCUT2D eigenvalue weighted by molar-refractivity contribution is 9.10. The average molecular weight is 322 g/mol. The maximum atomic E-state index is 3.51. The van der Waals surface area contributed by atoms with Gasteiger partial charge in [-0.25, -0.2) is 0 Å². The fourth-order valence-electron chi connectivity index (χ4n) is 2.61. The molecule has 4 rings (SSSR count). The van der Waals surface area contributed by atoms with Crippen LogP contribution in [0.3, 0.4) is 0 Å². The Balaban J connectivity index is 1.93. The van der Waals surface area contributed by atoms with Crippen LogP contribution in [0.2, 0.25) is 0 Å². The summed E-state index contributed by atoms with van der Waals surface area (Å²) in [7, 11) is 0. The number of fused-ring (bicyclic) bond motifs is 2. The predicted octanol–water partition coefficient (Wildman–Crippen LogP) is 5.75. The van der Waals surface area contributed by atoms with Crippen molar-refractivity contribution in [2.75, 3.05) is 0 Å². The Morgan fingerprint density at radius 2 is 1.40 bits per heavy atom. The fraction of sp³-hybridized carbons (Fsp3) is 0. The van der Waals surface area contributed by atoms with Gasteiger partial charge in [-0.15, -0.1) is 0 Å². The zero-order chi connectivity index (χ0) is 13.5. The SMILES string of the molecule is Brc1ccc(-c2cc3cc4ccccc4cc3[nH]2)cc1. The molecule has 0 saturated carbocycles. The molecule has 1 nitrogen and oxygen atoms in total. The highest BCUT2D eigenvalue weighted by Gasteiger charge is 2.04. The van der Waals surface area contributed by atoms with Crippen molar-refractivity contribution in [3.8, 4) is 11.3 Å². The van der Waals surface area contributed by atoms with Crippen LogP contribution in [0.5, 0.6) is 0 Å². The van der Waals surface area contributed by atoms with E-state index in [9.17, 15) is 0 Å². The lowest BCUT2D eigenvalue weighted by Crippen LogP contribution is -1.76. The van der Waals surface area contributed by atoms with E-state index in [-0.39, 0.29) is 0 Å². The zero-order valence-corrected chi connectivity index (χ0v) is 12.3. The molecule has 0 aliphatic rings. The second kappa shape index (κ2) is 4.50. The number of hydrogen-bond donors (Lipinski definition) is 1. The van der Waals surface area contributed by atoms with E-state index < -0.39 is 0 Å². The predicted molar refractivity (Wildman–Crippen MR) is 88.9 cm³/mol. The molecule has 0 atom stereocenters. The van der Waals surface area contributed by atoms with E-state index in [4.69, 9.17) is 0 Å². The summed E-state index contributed by atoms with van der Waals surface area (Å²) < 4.78 is 1.10. The number of aromatic nitrogens is 1. The molecule has 0 bridgehead atoms. The molecule has 1 aromatic heterocycles. The highest BCUT2D eigenvalue weighted by Crippen LogP contribution is 2.28. The summed E-state index contributed by atoms with van der Waals surface area (Å²) in [6.45, 7) is 0. The topological polar surface area (TPSA) is 15.8 Å². The van der Waals surface area contributed by atoms with Gasteiger partial charge >= 0.3 is 0 Å². The van der Waals surface area contributed by atoms with Gasteiger partial charge in [0, 0.05) is 21.1 Å². The molecule has 0 unspecified atom stereocenters. The summed E-state index contributed by atoms with van der Waals surface area (Å²) in [6, 6.07) is 23.5. The van der Waals surface area contributed by atoms with Crippen molar-refractivity contribution in [1.29, 1.82) is 0 Å². The summed E-state index contributed by atoms with van der Waals surface area (Å²) >= 11 is 3.47. The number of nitrogens with one attached hydrogen (secondary N) is 1. The van der Waals surface area contributed by atoms with Gasteiger partial charge in [0.1, 0.15) is 0 Å². The number of benzene rings is 3. The van der Waals surface area contributed by atoms with Crippen LogP contribution in [0.1, 0.15) is 0 Å². The number of halogens is 1. The lowest BCUT2D eigenvalue weighted by atomic mass is 10.1. The first kappa shape index (κ1) is 11.7. The minimum Gasteiger partial charge on any atom is -0.355 e. The summed E-state index contributed by atoms with van der Waals surface area (Å²) in [4.78, 5) is 3.51. The van der Waals surface area contributed by atoms with Crippen LogP contribution in [0.4, 0.5) is 0 Å². The van der Waals surface area contributed by atoms with Gasteiger partial charge in [-0.2, -0.15) is 0 Å². The lowest BCUT2D eigenvalue weighted by molar-refractivity contribution is 1.45. The second-order valence-electron chi connectivity index (χ2n) is 4.98. The number of hydrogen-bond acceptors (Lipinski definition) is 0. The highest BCUT2D eigenvalue weighted by atomic mass is 79.9. The van der Waals surface area contributed by atoms with Crippen LogP contribution in [0.15, 0.2) is 71.2 Å². The first-order valence-electron chi connectivity index (χ1n) is 6.57. The number of H-pyrrole nitrogens is 1. The first-order valence-corrected chi connectivity index (χ1v) is 7.36. The van der Waals surface area contributed by atoms with Crippen molar-refractivity contribution < 1.29 is 0 Å². The molecule has 1 heterocycles. The van der Waals surface area contributed by atoms with Crippen LogP contribution >= 0.6 is 15.9 Å². The molecule has 96 valence electrons. The summed E-state index contributed by atoms with van der Waals surface area (Å²) in [5.74, 6) is 0. The Bertz CT molecular complexity index is 851.